The predicted molar refractivity (Wildman–Crippen MR) is 162 cm³/mol. The summed E-state index contributed by atoms with van der Waals surface area (Å²) in [5.41, 5.74) is 6.85. The molecule has 0 saturated carbocycles. The van der Waals surface area contributed by atoms with Crippen molar-refractivity contribution in [2.75, 3.05) is 0 Å². The van der Waals surface area contributed by atoms with Crippen LogP contribution >= 0.6 is 0 Å². The second-order valence-corrected chi connectivity index (χ2v) is 13.8. The lowest BCUT2D eigenvalue weighted by Crippen LogP contribution is -2.14. The van der Waals surface area contributed by atoms with Gasteiger partial charge in [-0.15, -0.1) is 0 Å². The van der Waals surface area contributed by atoms with Crippen molar-refractivity contribution in [2.45, 2.75) is 48.7 Å². The fourth-order valence-corrected chi connectivity index (χ4v) is 7.53. The molecule has 0 N–H and O–H groups in total. The van der Waals surface area contributed by atoms with Crippen molar-refractivity contribution in [3.8, 4) is 0 Å². The summed E-state index contributed by atoms with van der Waals surface area (Å²) in [5.74, 6) is 0. The Morgan fingerprint density at radius 2 is 0.881 bits per heavy atom. The van der Waals surface area contributed by atoms with Gasteiger partial charge in [-0.3, -0.25) is 8.37 Å². The molecule has 0 spiro atoms. The number of hydrogen-bond acceptors (Lipinski definition) is 6. The van der Waals surface area contributed by atoms with Crippen molar-refractivity contribution in [3.63, 3.8) is 0 Å². The summed E-state index contributed by atoms with van der Waals surface area (Å²) < 4.78 is 64.9. The van der Waals surface area contributed by atoms with Crippen LogP contribution in [0.5, 0.6) is 0 Å². The largest absolute Gasteiger partial charge is 0.297 e. The molecule has 2 aliphatic carbocycles. The third-order valence-electron chi connectivity index (χ3n) is 7.68. The molecule has 214 valence electrons. The molecule has 0 saturated heterocycles. The molecule has 0 radical (unpaired) electrons. The molecule has 2 atom stereocenters. The summed E-state index contributed by atoms with van der Waals surface area (Å²) in [6.07, 6.45) is 3.26. The van der Waals surface area contributed by atoms with Crippen LogP contribution in [0.1, 0.15) is 58.4 Å². The highest BCUT2D eigenvalue weighted by molar-refractivity contribution is 7.87. The molecule has 8 heteroatoms. The Morgan fingerprint density at radius 1 is 0.524 bits per heavy atom. The average Bonchev–Trinajstić information content (AvgIpc) is 3.49. The maximum atomic E-state index is 13.3. The highest BCUT2D eigenvalue weighted by atomic mass is 32.2. The summed E-state index contributed by atoms with van der Waals surface area (Å²) >= 11 is 0. The fourth-order valence-electron chi connectivity index (χ4n) is 5.41. The van der Waals surface area contributed by atoms with Gasteiger partial charge in [-0.25, -0.2) is 0 Å². The SMILES string of the molecule is Cc1ccc(S(=O)(=O)OC2C(CCC3=Cc4ccccc4C3OS(=O)(=O)c3ccc(C)cc3)=Cc3ccccc32)cc1. The van der Waals surface area contributed by atoms with Crippen molar-refractivity contribution in [3.05, 3.63) is 142 Å². The first kappa shape index (κ1) is 28.3. The van der Waals surface area contributed by atoms with Crippen LogP contribution in [0, 0.1) is 13.8 Å². The van der Waals surface area contributed by atoms with Crippen molar-refractivity contribution >= 4 is 32.4 Å². The Bertz CT molecular complexity index is 1780. The molecule has 0 amide bonds. The van der Waals surface area contributed by atoms with Crippen LogP contribution in [0.25, 0.3) is 12.2 Å². The molecule has 0 aromatic heterocycles. The van der Waals surface area contributed by atoms with E-state index >= 15 is 0 Å². The van der Waals surface area contributed by atoms with E-state index < -0.39 is 32.4 Å². The molecule has 0 aliphatic heterocycles. The predicted octanol–water partition coefficient (Wildman–Crippen LogP) is 7.47. The lowest BCUT2D eigenvalue weighted by atomic mass is 9.98. The van der Waals surface area contributed by atoms with Gasteiger partial charge in [0.15, 0.2) is 0 Å². The summed E-state index contributed by atoms with van der Waals surface area (Å²) in [6, 6.07) is 28.3. The Labute approximate surface area is 247 Å². The minimum atomic E-state index is -4.05. The molecule has 6 nitrogen and oxygen atoms in total. The van der Waals surface area contributed by atoms with Gasteiger partial charge in [0.1, 0.15) is 12.2 Å². The first-order valence-electron chi connectivity index (χ1n) is 13.7. The highest BCUT2D eigenvalue weighted by Gasteiger charge is 2.34. The van der Waals surface area contributed by atoms with Crippen LogP contribution in [0.4, 0.5) is 0 Å². The second kappa shape index (κ2) is 11.1. The fraction of sp³-hybridized carbons (Fsp3) is 0.176. The zero-order valence-electron chi connectivity index (χ0n) is 23.2. The summed E-state index contributed by atoms with van der Waals surface area (Å²) in [5, 5.41) is 0. The zero-order valence-corrected chi connectivity index (χ0v) is 24.9. The number of hydrogen-bond donors (Lipinski definition) is 0. The third-order valence-corrected chi connectivity index (χ3v) is 10.3. The number of benzene rings is 4. The molecule has 2 unspecified atom stereocenters. The quantitative estimate of drug-likeness (QED) is 0.186. The van der Waals surface area contributed by atoms with Crippen LogP contribution in [0.3, 0.4) is 0 Å². The van der Waals surface area contributed by atoms with Crippen LogP contribution in [-0.2, 0) is 28.6 Å². The van der Waals surface area contributed by atoms with Gasteiger partial charge in [-0.1, -0.05) is 96.1 Å². The summed E-state index contributed by atoms with van der Waals surface area (Å²) in [7, 11) is -8.09. The normalized spacial score (nSPS) is 17.9. The van der Waals surface area contributed by atoms with Crippen molar-refractivity contribution in [1.29, 1.82) is 0 Å². The van der Waals surface area contributed by atoms with Gasteiger partial charge in [0.05, 0.1) is 9.79 Å². The maximum absolute atomic E-state index is 13.3. The maximum Gasteiger partial charge on any atom is 0.297 e. The van der Waals surface area contributed by atoms with Gasteiger partial charge in [0, 0.05) is 0 Å². The van der Waals surface area contributed by atoms with Gasteiger partial charge in [0.25, 0.3) is 20.2 Å². The average molecular weight is 599 g/mol. The molecule has 4 aromatic rings. The summed E-state index contributed by atoms with van der Waals surface area (Å²) in [4.78, 5) is 0.195. The van der Waals surface area contributed by atoms with E-state index in [1.165, 1.54) is 0 Å². The lowest BCUT2D eigenvalue weighted by Gasteiger charge is -2.20. The van der Waals surface area contributed by atoms with Crippen molar-refractivity contribution < 1.29 is 25.2 Å². The number of fused-ring (bicyclic) bond motifs is 2. The van der Waals surface area contributed by atoms with Gasteiger partial charge >= 0.3 is 0 Å². The van der Waals surface area contributed by atoms with E-state index in [0.717, 1.165) is 44.5 Å². The van der Waals surface area contributed by atoms with Crippen molar-refractivity contribution in [1.82, 2.24) is 0 Å². The monoisotopic (exact) mass is 598 g/mol. The zero-order chi connectivity index (χ0) is 29.5. The molecular weight excluding hydrogens is 569 g/mol. The first-order valence-corrected chi connectivity index (χ1v) is 16.5. The molecule has 42 heavy (non-hydrogen) atoms. The van der Waals surface area contributed by atoms with E-state index in [0.29, 0.717) is 12.8 Å². The highest BCUT2D eigenvalue weighted by Crippen LogP contribution is 2.45. The molecular formula is C34H30O6S2. The van der Waals surface area contributed by atoms with Crippen LogP contribution in [-0.4, -0.2) is 16.8 Å². The van der Waals surface area contributed by atoms with E-state index in [9.17, 15) is 16.8 Å². The van der Waals surface area contributed by atoms with Gasteiger partial charge in [0.2, 0.25) is 0 Å². The van der Waals surface area contributed by atoms with Gasteiger partial charge < -0.3 is 0 Å². The minimum absolute atomic E-state index is 0.0977. The summed E-state index contributed by atoms with van der Waals surface area (Å²) in [6.45, 7) is 3.79. The Balaban J connectivity index is 1.26. The molecule has 0 bridgehead atoms. The van der Waals surface area contributed by atoms with E-state index in [-0.39, 0.29) is 9.79 Å². The van der Waals surface area contributed by atoms with Crippen LogP contribution < -0.4 is 0 Å². The van der Waals surface area contributed by atoms with E-state index in [1.54, 1.807) is 48.5 Å². The van der Waals surface area contributed by atoms with Crippen LogP contribution in [0.2, 0.25) is 0 Å². The molecule has 6 rings (SSSR count). The minimum Gasteiger partial charge on any atom is -0.254 e. The lowest BCUT2D eigenvalue weighted by molar-refractivity contribution is 0.240. The topological polar surface area (TPSA) is 86.7 Å². The number of aryl methyl sites for hydroxylation is 2. The molecule has 4 aromatic carbocycles. The van der Waals surface area contributed by atoms with Crippen molar-refractivity contribution in [2.24, 2.45) is 0 Å². The molecule has 2 aliphatic rings. The second-order valence-electron chi connectivity index (χ2n) is 10.7. The Kier molecular flexibility index (Phi) is 7.49. The Morgan fingerprint density at radius 3 is 1.26 bits per heavy atom. The smallest absolute Gasteiger partial charge is 0.254 e. The Hall–Kier alpha value is -3.82. The van der Waals surface area contributed by atoms with E-state index in [4.69, 9.17) is 8.37 Å². The van der Waals surface area contributed by atoms with E-state index in [1.807, 2.05) is 74.5 Å². The number of rotatable bonds is 9. The molecule has 0 heterocycles. The first-order chi connectivity index (χ1) is 20.1. The molecule has 0 fully saturated rings. The third kappa shape index (κ3) is 5.63. The van der Waals surface area contributed by atoms with Gasteiger partial charge in [-0.2, -0.15) is 16.8 Å². The van der Waals surface area contributed by atoms with Gasteiger partial charge in [-0.05, 0) is 84.4 Å². The van der Waals surface area contributed by atoms with E-state index in [2.05, 4.69) is 0 Å². The van der Waals surface area contributed by atoms with Crippen LogP contribution in [0.15, 0.2) is 118 Å². The standard InChI is InChI=1S/C34H30O6S2/c1-23-11-17-29(18-12-23)41(35,36)39-33-27(21-25-7-3-5-9-31(25)33)15-16-28-22-26-8-4-6-10-32(26)34(28)40-42(37,38)30-19-13-24(2)14-20-30/h3-14,17-22,33-34H,15-16H2,1-2H3.